The summed E-state index contributed by atoms with van der Waals surface area (Å²) in [6.45, 7) is 1.71. The van der Waals surface area contributed by atoms with E-state index in [1.807, 2.05) is 34.9 Å². The van der Waals surface area contributed by atoms with E-state index in [0.717, 1.165) is 17.8 Å². The van der Waals surface area contributed by atoms with Gasteiger partial charge in [-0.3, -0.25) is 14.8 Å². The molecule has 1 aliphatic rings. The summed E-state index contributed by atoms with van der Waals surface area (Å²) in [5.41, 5.74) is 4.00. The fourth-order valence-electron chi connectivity index (χ4n) is 3.89. The summed E-state index contributed by atoms with van der Waals surface area (Å²) in [5.74, 6) is 0.0597. The molecule has 8 nitrogen and oxygen atoms in total. The van der Waals surface area contributed by atoms with Crippen LogP contribution in [0, 0.1) is 5.92 Å². The van der Waals surface area contributed by atoms with E-state index < -0.39 is 0 Å². The highest BCUT2D eigenvalue weighted by Gasteiger charge is 2.30. The van der Waals surface area contributed by atoms with Gasteiger partial charge in [-0.2, -0.15) is 0 Å². The molecule has 1 N–H and O–H groups in total. The second kappa shape index (κ2) is 8.61. The van der Waals surface area contributed by atoms with E-state index >= 15 is 0 Å². The predicted molar refractivity (Wildman–Crippen MR) is 114 cm³/mol. The highest BCUT2D eigenvalue weighted by molar-refractivity contribution is 5.96. The van der Waals surface area contributed by atoms with Crippen LogP contribution in [0.5, 0.6) is 0 Å². The van der Waals surface area contributed by atoms with Crippen molar-refractivity contribution in [2.24, 2.45) is 5.92 Å². The van der Waals surface area contributed by atoms with Gasteiger partial charge in [-0.1, -0.05) is 6.07 Å². The minimum Gasteiger partial charge on any atom is -0.379 e. The Morgan fingerprint density at radius 1 is 1.10 bits per heavy atom. The molecule has 31 heavy (non-hydrogen) atoms. The zero-order valence-corrected chi connectivity index (χ0v) is 16.9. The van der Waals surface area contributed by atoms with Crippen LogP contribution in [0.25, 0.3) is 11.2 Å². The molecule has 4 aromatic rings. The van der Waals surface area contributed by atoms with Crippen LogP contribution in [0.1, 0.15) is 21.6 Å². The number of hydrogen-bond acceptors (Lipinski definition) is 6. The number of hydrogen-bond donors (Lipinski definition) is 1. The van der Waals surface area contributed by atoms with Gasteiger partial charge in [0, 0.05) is 30.7 Å². The molecule has 5 heterocycles. The lowest BCUT2D eigenvalue weighted by Gasteiger charge is -2.19. The van der Waals surface area contributed by atoms with Gasteiger partial charge in [-0.05, 0) is 42.3 Å². The maximum atomic E-state index is 12.9. The summed E-state index contributed by atoms with van der Waals surface area (Å²) >= 11 is 0. The smallest absolute Gasteiger partial charge is 0.253 e. The summed E-state index contributed by atoms with van der Waals surface area (Å²) < 4.78 is 7.57. The number of carbonyl (C=O) groups excluding carboxylic acids is 1. The van der Waals surface area contributed by atoms with Gasteiger partial charge in [0.1, 0.15) is 5.52 Å². The lowest BCUT2D eigenvalue weighted by atomic mass is 9.95. The van der Waals surface area contributed by atoms with Gasteiger partial charge in [-0.25, -0.2) is 9.97 Å². The van der Waals surface area contributed by atoms with Crippen LogP contribution in [0.4, 0.5) is 0 Å². The Hall–Kier alpha value is -3.65. The van der Waals surface area contributed by atoms with E-state index in [1.54, 1.807) is 37.2 Å². The standard InChI is InChI=1S/C23H22N6O2/c30-23(28-21-14-31-13-18(21)9-16-4-7-24-8-5-16)17-10-20-22(26-11-17)29(15-27-20)12-19-3-1-2-6-25-19/h1-8,10-11,15,18,21H,9,12-14H2,(H,28,30)/t18-,21-/m1/s1. The Labute approximate surface area is 179 Å². The third-order valence-electron chi connectivity index (χ3n) is 5.54. The molecule has 2 atom stereocenters. The molecule has 1 saturated heterocycles. The average molecular weight is 414 g/mol. The van der Waals surface area contributed by atoms with Crippen molar-refractivity contribution in [2.75, 3.05) is 13.2 Å². The summed E-state index contributed by atoms with van der Waals surface area (Å²) in [6.07, 6.45) is 9.49. The topological polar surface area (TPSA) is 94.8 Å². The van der Waals surface area contributed by atoms with Crippen molar-refractivity contribution in [3.8, 4) is 0 Å². The first-order valence-electron chi connectivity index (χ1n) is 10.2. The normalized spacial score (nSPS) is 18.3. The number of fused-ring (bicyclic) bond motifs is 1. The Balaban J connectivity index is 1.28. The number of aromatic nitrogens is 5. The second-order valence-corrected chi connectivity index (χ2v) is 7.70. The van der Waals surface area contributed by atoms with Gasteiger partial charge in [-0.15, -0.1) is 0 Å². The maximum Gasteiger partial charge on any atom is 0.253 e. The van der Waals surface area contributed by atoms with Gasteiger partial charge >= 0.3 is 0 Å². The third-order valence-corrected chi connectivity index (χ3v) is 5.54. The Bertz CT molecular complexity index is 1180. The van der Waals surface area contributed by atoms with Crippen molar-refractivity contribution in [1.29, 1.82) is 0 Å². The second-order valence-electron chi connectivity index (χ2n) is 7.70. The van der Waals surface area contributed by atoms with Gasteiger partial charge in [0.25, 0.3) is 5.91 Å². The van der Waals surface area contributed by atoms with Crippen LogP contribution in [0.3, 0.4) is 0 Å². The summed E-state index contributed by atoms with van der Waals surface area (Å²) in [5, 5.41) is 3.11. The molecule has 0 aliphatic carbocycles. The molecular weight excluding hydrogens is 392 g/mol. The minimum absolute atomic E-state index is 0.0434. The molecule has 0 spiro atoms. The largest absolute Gasteiger partial charge is 0.379 e. The molecule has 1 fully saturated rings. The van der Waals surface area contributed by atoms with E-state index in [-0.39, 0.29) is 17.9 Å². The van der Waals surface area contributed by atoms with Crippen molar-refractivity contribution in [3.63, 3.8) is 0 Å². The lowest BCUT2D eigenvalue weighted by molar-refractivity contribution is 0.0925. The van der Waals surface area contributed by atoms with E-state index in [9.17, 15) is 4.79 Å². The van der Waals surface area contributed by atoms with E-state index in [1.165, 1.54) is 5.56 Å². The SMILES string of the molecule is O=C(N[C@@H]1COC[C@H]1Cc1ccncc1)c1cnc2c(c1)ncn2Cc1ccccn1. The molecule has 1 aliphatic heterocycles. The first-order valence-corrected chi connectivity index (χ1v) is 10.2. The molecule has 0 unspecified atom stereocenters. The van der Waals surface area contributed by atoms with Crippen LogP contribution in [0.2, 0.25) is 0 Å². The van der Waals surface area contributed by atoms with Crippen LogP contribution in [-0.4, -0.2) is 49.7 Å². The highest BCUT2D eigenvalue weighted by atomic mass is 16.5. The zero-order chi connectivity index (χ0) is 21.0. The molecule has 1 amide bonds. The van der Waals surface area contributed by atoms with Crippen molar-refractivity contribution in [1.82, 2.24) is 29.8 Å². The molecule has 4 aromatic heterocycles. The van der Waals surface area contributed by atoms with Gasteiger partial charge in [0.15, 0.2) is 5.65 Å². The van der Waals surface area contributed by atoms with Crippen molar-refractivity contribution in [2.45, 2.75) is 19.0 Å². The number of pyridine rings is 3. The van der Waals surface area contributed by atoms with Gasteiger partial charge < -0.3 is 14.6 Å². The van der Waals surface area contributed by atoms with E-state index in [4.69, 9.17) is 4.74 Å². The van der Waals surface area contributed by atoms with Crippen molar-refractivity contribution < 1.29 is 9.53 Å². The summed E-state index contributed by atoms with van der Waals surface area (Å²) in [4.78, 5) is 30.2. The molecule has 0 saturated carbocycles. The van der Waals surface area contributed by atoms with E-state index in [2.05, 4.69) is 25.3 Å². The first-order chi connectivity index (χ1) is 15.3. The Morgan fingerprint density at radius 3 is 2.84 bits per heavy atom. The number of carbonyl (C=O) groups is 1. The number of ether oxygens (including phenoxy) is 1. The molecule has 8 heteroatoms. The molecule has 5 rings (SSSR count). The van der Waals surface area contributed by atoms with Crippen molar-refractivity contribution >= 4 is 17.1 Å². The molecular formula is C23H22N6O2. The van der Waals surface area contributed by atoms with Crippen LogP contribution >= 0.6 is 0 Å². The maximum absolute atomic E-state index is 12.9. The van der Waals surface area contributed by atoms with E-state index in [0.29, 0.717) is 30.8 Å². The average Bonchev–Trinajstić information content (AvgIpc) is 3.41. The fraction of sp³-hybridized carbons (Fsp3) is 0.261. The number of amides is 1. The third kappa shape index (κ3) is 4.29. The highest BCUT2D eigenvalue weighted by Crippen LogP contribution is 2.20. The Morgan fingerprint density at radius 2 is 2.00 bits per heavy atom. The summed E-state index contributed by atoms with van der Waals surface area (Å²) in [7, 11) is 0. The number of nitrogens with zero attached hydrogens (tertiary/aromatic N) is 5. The van der Waals surface area contributed by atoms with Crippen LogP contribution in [0.15, 0.2) is 67.5 Å². The van der Waals surface area contributed by atoms with Crippen LogP contribution in [-0.2, 0) is 17.7 Å². The fourth-order valence-corrected chi connectivity index (χ4v) is 3.89. The number of nitrogens with one attached hydrogen (secondary N) is 1. The number of imidazole rings is 1. The quantitative estimate of drug-likeness (QED) is 0.520. The lowest BCUT2D eigenvalue weighted by Crippen LogP contribution is -2.40. The summed E-state index contributed by atoms with van der Waals surface area (Å²) in [6, 6.07) is 11.5. The van der Waals surface area contributed by atoms with Gasteiger partial charge in [0.05, 0.1) is 43.4 Å². The monoisotopic (exact) mass is 414 g/mol. The number of rotatable bonds is 6. The molecule has 0 bridgehead atoms. The Kier molecular flexibility index (Phi) is 5.37. The predicted octanol–water partition coefficient (Wildman–Crippen LogP) is 2.26. The van der Waals surface area contributed by atoms with Gasteiger partial charge in [0.2, 0.25) is 0 Å². The van der Waals surface area contributed by atoms with Crippen LogP contribution < -0.4 is 5.32 Å². The zero-order valence-electron chi connectivity index (χ0n) is 16.9. The molecule has 0 aromatic carbocycles. The first kappa shape index (κ1) is 19.3. The minimum atomic E-state index is -0.163. The molecule has 156 valence electrons. The van der Waals surface area contributed by atoms with Crippen molar-refractivity contribution in [3.05, 3.63) is 84.3 Å². The molecule has 0 radical (unpaired) electrons.